The van der Waals surface area contributed by atoms with Crippen LogP contribution in [0.3, 0.4) is 0 Å². The third-order valence-electron chi connectivity index (χ3n) is 0.173. The van der Waals surface area contributed by atoms with Crippen LogP contribution in [0.25, 0.3) is 0 Å². The molecular formula is CH3Na2O4P. The van der Waals surface area contributed by atoms with Crippen LogP contribution in [-0.4, -0.2) is 11.5 Å². The van der Waals surface area contributed by atoms with E-state index in [2.05, 4.69) is 0 Å². The molecule has 0 unspecified atom stereocenters. The second-order valence-electron chi connectivity index (χ2n) is 0.752. The predicted molar refractivity (Wildman–Crippen MR) is 14.7 cm³/mol. The van der Waals surface area contributed by atoms with E-state index in [0.717, 1.165) is 0 Å². The average Bonchev–Trinajstić information content (AvgIpc) is 1.35. The quantitative estimate of drug-likeness (QED) is 0.302. The summed E-state index contributed by atoms with van der Waals surface area (Å²) in [5.74, 6) is 0. The van der Waals surface area contributed by atoms with E-state index in [1.54, 1.807) is 0 Å². The number of aliphatic hydroxyl groups is 1. The van der Waals surface area contributed by atoms with Crippen molar-refractivity contribution in [1.82, 2.24) is 0 Å². The first-order valence-electron chi connectivity index (χ1n) is 1.18. The Morgan fingerprint density at radius 2 is 1.50 bits per heavy atom. The Balaban J connectivity index is -0.000000125. The van der Waals surface area contributed by atoms with Crippen LogP contribution >= 0.6 is 7.60 Å². The number of hydrogen-bond donors (Lipinski definition) is 1. The minimum absolute atomic E-state index is 0. The first-order chi connectivity index (χ1) is 2.56. The summed E-state index contributed by atoms with van der Waals surface area (Å²) in [7, 11) is -4.59. The molecule has 0 aliphatic carbocycles. The normalized spacial score (nSPS) is 8.88. The van der Waals surface area contributed by atoms with E-state index in [1.807, 2.05) is 0 Å². The maximum absolute atomic E-state index is 9.22. The van der Waals surface area contributed by atoms with Gasteiger partial charge in [-0.3, -0.25) is 0 Å². The van der Waals surface area contributed by atoms with Gasteiger partial charge in [0.15, 0.2) is 0 Å². The van der Waals surface area contributed by atoms with Crippen molar-refractivity contribution in [3.8, 4) is 0 Å². The molecule has 1 N–H and O–H groups in total. The summed E-state index contributed by atoms with van der Waals surface area (Å²) in [6.07, 6.45) is -1.28. The average molecular weight is 156 g/mol. The summed E-state index contributed by atoms with van der Waals surface area (Å²) in [6.45, 7) is 0. The van der Waals surface area contributed by atoms with Gasteiger partial charge in [-0.25, -0.2) is 0 Å². The molecule has 0 aromatic heterocycles. The van der Waals surface area contributed by atoms with Gasteiger partial charge in [0.1, 0.15) is 0 Å². The van der Waals surface area contributed by atoms with Crippen LogP contribution in [0, 0.1) is 0 Å². The van der Waals surface area contributed by atoms with Crippen molar-refractivity contribution in [1.29, 1.82) is 0 Å². The Morgan fingerprint density at radius 3 is 1.50 bits per heavy atom. The van der Waals surface area contributed by atoms with E-state index in [0.29, 0.717) is 0 Å². The molecule has 0 aliphatic heterocycles. The molecule has 0 saturated heterocycles. The fourth-order valence-corrected chi connectivity index (χ4v) is 0. The van der Waals surface area contributed by atoms with Gasteiger partial charge < -0.3 is 19.5 Å². The smallest absolute Gasteiger partial charge is 0.809 e. The van der Waals surface area contributed by atoms with Crippen LogP contribution in [0.15, 0.2) is 0 Å². The summed E-state index contributed by atoms with van der Waals surface area (Å²) in [5.41, 5.74) is 0. The zero-order valence-corrected chi connectivity index (χ0v) is 9.72. The summed E-state index contributed by atoms with van der Waals surface area (Å²) >= 11 is 0. The second kappa shape index (κ2) is 7.22. The van der Waals surface area contributed by atoms with Gasteiger partial charge in [0.2, 0.25) is 0 Å². The Morgan fingerprint density at radius 1 is 1.38 bits per heavy atom. The molecule has 0 rings (SSSR count). The minimum atomic E-state index is -4.59. The van der Waals surface area contributed by atoms with Gasteiger partial charge in [-0.1, -0.05) is 0 Å². The second-order valence-corrected chi connectivity index (χ2v) is 2.26. The molecule has 0 saturated carbocycles. The largest absolute Gasteiger partial charge is 1.00 e. The molecule has 0 aromatic rings. The fraction of sp³-hybridized carbons (Fsp3) is 1.00. The van der Waals surface area contributed by atoms with E-state index in [-0.39, 0.29) is 59.1 Å². The number of hydrogen-bond acceptors (Lipinski definition) is 4. The molecule has 0 atom stereocenters. The molecule has 0 radical (unpaired) electrons. The first-order valence-corrected chi connectivity index (χ1v) is 2.91. The number of rotatable bonds is 1. The Hall–Kier alpha value is 2.11. The summed E-state index contributed by atoms with van der Waals surface area (Å²) < 4.78 is 9.22. The van der Waals surface area contributed by atoms with Gasteiger partial charge in [-0.2, -0.15) is 0 Å². The van der Waals surface area contributed by atoms with Crippen LogP contribution in [0.4, 0.5) is 0 Å². The van der Waals surface area contributed by atoms with Crippen LogP contribution < -0.4 is 68.9 Å². The third-order valence-corrected chi connectivity index (χ3v) is 0.520. The molecule has 0 bridgehead atoms. The fourth-order valence-electron chi connectivity index (χ4n) is 0. The summed E-state index contributed by atoms with van der Waals surface area (Å²) in [6, 6.07) is 0. The minimum Gasteiger partial charge on any atom is -0.809 e. The van der Waals surface area contributed by atoms with E-state index in [9.17, 15) is 14.4 Å². The van der Waals surface area contributed by atoms with Crippen LogP contribution in [0.5, 0.6) is 0 Å². The summed E-state index contributed by atoms with van der Waals surface area (Å²) in [5, 5.41) is 7.51. The van der Waals surface area contributed by atoms with Crippen molar-refractivity contribution in [3.63, 3.8) is 0 Å². The molecule has 38 valence electrons. The van der Waals surface area contributed by atoms with Gasteiger partial charge in [0.25, 0.3) is 0 Å². The molecule has 0 spiro atoms. The zero-order chi connectivity index (χ0) is 5.21. The molecule has 0 aliphatic rings. The van der Waals surface area contributed by atoms with Crippen LogP contribution in [-0.2, 0) is 4.57 Å². The van der Waals surface area contributed by atoms with Crippen molar-refractivity contribution in [3.05, 3.63) is 0 Å². The first kappa shape index (κ1) is 16.6. The standard InChI is InChI=1S/CH5O4P.2Na/c2-1-6(3,4)5;;/h2H,1H2,(H2,3,4,5);;/q;2*+1/p-2. The Bertz CT molecular complexity index is 78.1. The van der Waals surface area contributed by atoms with Gasteiger partial charge in [-0.05, 0) is 7.60 Å². The molecule has 8 heavy (non-hydrogen) atoms. The van der Waals surface area contributed by atoms with E-state index >= 15 is 0 Å². The third kappa shape index (κ3) is 15.7. The summed E-state index contributed by atoms with van der Waals surface area (Å²) in [4.78, 5) is 18.4. The van der Waals surface area contributed by atoms with E-state index < -0.39 is 13.9 Å². The molecule has 0 amide bonds. The maximum atomic E-state index is 9.22. The molecule has 0 heterocycles. The monoisotopic (exact) mass is 156 g/mol. The van der Waals surface area contributed by atoms with Gasteiger partial charge in [0.05, 0.1) is 6.35 Å². The van der Waals surface area contributed by atoms with Crippen molar-refractivity contribution >= 4 is 7.60 Å². The van der Waals surface area contributed by atoms with E-state index in [4.69, 9.17) is 5.11 Å². The van der Waals surface area contributed by atoms with Crippen molar-refractivity contribution in [2.75, 3.05) is 6.35 Å². The van der Waals surface area contributed by atoms with Crippen LogP contribution in [0.2, 0.25) is 0 Å². The molecule has 4 nitrogen and oxygen atoms in total. The van der Waals surface area contributed by atoms with Crippen molar-refractivity contribution in [2.45, 2.75) is 0 Å². The Kier molecular flexibility index (Phi) is 15.0. The topological polar surface area (TPSA) is 83.4 Å². The van der Waals surface area contributed by atoms with E-state index in [1.165, 1.54) is 0 Å². The van der Waals surface area contributed by atoms with Crippen molar-refractivity contribution < 1.29 is 78.6 Å². The van der Waals surface area contributed by atoms with Crippen LogP contribution in [0.1, 0.15) is 0 Å². The zero-order valence-electron chi connectivity index (χ0n) is 4.83. The van der Waals surface area contributed by atoms with Gasteiger partial charge in [-0.15, -0.1) is 0 Å². The van der Waals surface area contributed by atoms with Gasteiger partial charge in [0, 0.05) is 0 Å². The number of aliphatic hydroxyl groups excluding tert-OH is 1. The molecule has 0 aromatic carbocycles. The molecular weight excluding hydrogens is 153 g/mol. The SMILES string of the molecule is O=P([O-])([O-])CO.[Na+].[Na+]. The molecule has 7 heteroatoms. The molecule has 0 fully saturated rings. The predicted octanol–water partition coefficient (Wildman–Crippen LogP) is -8.14. The maximum Gasteiger partial charge on any atom is 1.00 e. The van der Waals surface area contributed by atoms with Gasteiger partial charge >= 0.3 is 59.1 Å². The Labute approximate surface area is 91.4 Å². The van der Waals surface area contributed by atoms with Crippen molar-refractivity contribution in [2.24, 2.45) is 0 Å².